The summed E-state index contributed by atoms with van der Waals surface area (Å²) < 4.78 is 13.5. The van der Waals surface area contributed by atoms with Gasteiger partial charge in [0.25, 0.3) is 5.91 Å². The zero-order valence-corrected chi connectivity index (χ0v) is 25.3. The van der Waals surface area contributed by atoms with Crippen LogP contribution < -0.4 is 5.32 Å². The highest BCUT2D eigenvalue weighted by Crippen LogP contribution is 2.23. The summed E-state index contributed by atoms with van der Waals surface area (Å²) >= 11 is 1.51. The van der Waals surface area contributed by atoms with E-state index in [0.717, 1.165) is 49.6 Å². The molecule has 3 rings (SSSR count). The van der Waals surface area contributed by atoms with E-state index in [4.69, 9.17) is 0 Å². The highest BCUT2D eigenvalue weighted by Gasteiger charge is 2.17. The van der Waals surface area contributed by atoms with Crippen LogP contribution in [0.25, 0.3) is 0 Å². The number of hydrogen-bond acceptors (Lipinski definition) is 5. The highest BCUT2D eigenvalue weighted by atomic mass is 32.1. The van der Waals surface area contributed by atoms with Crippen LogP contribution in [0.5, 0.6) is 0 Å². The minimum absolute atomic E-state index is 0.101. The molecule has 0 aliphatic rings. The summed E-state index contributed by atoms with van der Waals surface area (Å²) in [4.78, 5) is 22.2. The Bertz CT molecular complexity index is 1150. The molecule has 3 aromatic rings. The first kappa shape index (κ1) is 30.9. The number of amides is 1. The standard InChI is InChI=1S/C32H45FN4OS/c1-7-36(8-2)19-9-10-24(3)34-31(38)29-23-39-30(35-29)22-37(21-26-13-17-28(33)18-14-26)20-25-11-15-27(16-12-25)32(4,5)6/h11-18,23-24H,7-10,19-22H2,1-6H3,(H,34,38). The summed E-state index contributed by atoms with van der Waals surface area (Å²) in [5.74, 6) is -0.350. The van der Waals surface area contributed by atoms with Crippen molar-refractivity contribution in [3.8, 4) is 0 Å². The molecule has 0 fully saturated rings. The molecule has 5 nitrogen and oxygen atoms in total. The number of nitrogens with one attached hydrogen (secondary N) is 1. The number of nitrogens with zero attached hydrogens (tertiary/aromatic N) is 3. The summed E-state index contributed by atoms with van der Waals surface area (Å²) in [6, 6.07) is 15.5. The number of carbonyl (C=O) groups excluding carboxylic acids is 1. The van der Waals surface area contributed by atoms with Crippen LogP contribution in [0.15, 0.2) is 53.9 Å². The Morgan fingerprint density at radius 3 is 2.10 bits per heavy atom. The molecule has 1 heterocycles. The maximum absolute atomic E-state index is 13.5. The predicted octanol–water partition coefficient (Wildman–Crippen LogP) is 7.02. The molecule has 0 saturated carbocycles. The fraction of sp³-hybridized carbons (Fsp3) is 0.500. The Morgan fingerprint density at radius 2 is 1.54 bits per heavy atom. The molecule has 212 valence electrons. The molecule has 1 amide bonds. The number of hydrogen-bond donors (Lipinski definition) is 1. The molecule has 0 aliphatic heterocycles. The average Bonchev–Trinajstić information content (AvgIpc) is 3.36. The fourth-order valence-corrected chi connectivity index (χ4v) is 5.41. The van der Waals surface area contributed by atoms with Crippen LogP contribution in [-0.2, 0) is 25.0 Å². The van der Waals surface area contributed by atoms with Gasteiger partial charge in [-0.3, -0.25) is 9.69 Å². The van der Waals surface area contributed by atoms with Crippen molar-refractivity contribution in [2.24, 2.45) is 0 Å². The van der Waals surface area contributed by atoms with Gasteiger partial charge in [0, 0.05) is 24.5 Å². The van der Waals surface area contributed by atoms with E-state index in [1.807, 2.05) is 17.5 Å². The van der Waals surface area contributed by atoms with Gasteiger partial charge in [0.05, 0.1) is 6.54 Å². The fourth-order valence-electron chi connectivity index (χ4n) is 4.59. The Balaban J connectivity index is 1.64. The maximum atomic E-state index is 13.5. The van der Waals surface area contributed by atoms with E-state index >= 15 is 0 Å². The van der Waals surface area contributed by atoms with Crippen molar-refractivity contribution in [2.75, 3.05) is 19.6 Å². The molecular weight excluding hydrogens is 507 g/mol. The first-order valence-electron chi connectivity index (χ1n) is 14.1. The van der Waals surface area contributed by atoms with E-state index in [-0.39, 0.29) is 23.2 Å². The van der Waals surface area contributed by atoms with Crippen LogP contribution in [0.1, 0.15) is 86.6 Å². The van der Waals surface area contributed by atoms with Crippen molar-refractivity contribution >= 4 is 17.2 Å². The lowest BCUT2D eigenvalue weighted by atomic mass is 9.87. The number of benzene rings is 2. The SMILES string of the molecule is CCN(CC)CCCC(C)NC(=O)c1csc(CN(Cc2ccc(F)cc2)Cc2ccc(C(C)(C)C)cc2)n1. The third-order valence-corrected chi connectivity index (χ3v) is 7.91. The van der Waals surface area contributed by atoms with E-state index in [1.54, 1.807) is 0 Å². The Kier molecular flexibility index (Phi) is 11.6. The van der Waals surface area contributed by atoms with Gasteiger partial charge in [0.1, 0.15) is 16.5 Å². The summed E-state index contributed by atoms with van der Waals surface area (Å²) in [5, 5.41) is 5.85. The number of carbonyl (C=O) groups is 1. The zero-order chi connectivity index (χ0) is 28.4. The van der Waals surface area contributed by atoms with Crippen LogP contribution in [0.2, 0.25) is 0 Å². The highest BCUT2D eigenvalue weighted by molar-refractivity contribution is 7.09. The molecule has 1 unspecified atom stereocenters. The lowest BCUT2D eigenvalue weighted by Gasteiger charge is -2.23. The van der Waals surface area contributed by atoms with Crippen molar-refractivity contribution in [3.63, 3.8) is 0 Å². The minimum Gasteiger partial charge on any atom is -0.348 e. The molecule has 0 radical (unpaired) electrons. The summed E-state index contributed by atoms with van der Waals surface area (Å²) in [7, 11) is 0. The summed E-state index contributed by atoms with van der Waals surface area (Å²) in [5.41, 5.74) is 4.12. The second-order valence-electron chi connectivity index (χ2n) is 11.4. The second-order valence-corrected chi connectivity index (χ2v) is 12.3. The van der Waals surface area contributed by atoms with Gasteiger partial charge in [-0.2, -0.15) is 0 Å². The third kappa shape index (κ3) is 10.1. The van der Waals surface area contributed by atoms with E-state index in [0.29, 0.717) is 18.8 Å². The molecule has 1 aromatic heterocycles. The Labute approximate surface area is 238 Å². The van der Waals surface area contributed by atoms with Crippen molar-refractivity contribution in [2.45, 2.75) is 85.5 Å². The topological polar surface area (TPSA) is 48.5 Å². The maximum Gasteiger partial charge on any atom is 0.270 e. The summed E-state index contributed by atoms with van der Waals surface area (Å²) in [6.45, 7) is 18.2. The van der Waals surface area contributed by atoms with Crippen molar-refractivity contribution in [1.29, 1.82) is 0 Å². The first-order chi connectivity index (χ1) is 18.6. The third-order valence-electron chi connectivity index (χ3n) is 7.07. The monoisotopic (exact) mass is 552 g/mol. The molecular formula is C32H45FN4OS. The van der Waals surface area contributed by atoms with Crippen LogP contribution in [0.4, 0.5) is 4.39 Å². The smallest absolute Gasteiger partial charge is 0.270 e. The van der Waals surface area contributed by atoms with Gasteiger partial charge in [0.2, 0.25) is 0 Å². The summed E-state index contributed by atoms with van der Waals surface area (Å²) in [6.07, 6.45) is 2.00. The normalized spacial score (nSPS) is 12.7. The van der Waals surface area contributed by atoms with Gasteiger partial charge >= 0.3 is 0 Å². The predicted molar refractivity (Wildman–Crippen MR) is 161 cm³/mol. The van der Waals surface area contributed by atoms with Crippen LogP contribution in [0, 0.1) is 5.82 Å². The zero-order valence-electron chi connectivity index (χ0n) is 24.5. The molecule has 39 heavy (non-hydrogen) atoms. The second kappa shape index (κ2) is 14.7. The lowest BCUT2D eigenvalue weighted by Crippen LogP contribution is -2.34. The van der Waals surface area contributed by atoms with E-state index in [1.165, 1.54) is 34.6 Å². The molecule has 1 atom stereocenters. The number of halogens is 1. The van der Waals surface area contributed by atoms with Crippen molar-refractivity contribution in [3.05, 3.63) is 87.1 Å². The van der Waals surface area contributed by atoms with Gasteiger partial charge in [-0.15, -0.1) is 11.3 Å². The first-order valence-corrected chi connectivity index (χ1v) is 15.0. The molecule has 0 saturated heterocycles. The quantitative estimate of drug-likeness (QED) is 0.233. The largest absolute Gasteiger partial charge is 0.348 e. The Hall–Kier alpha value is -2.61. The lowest BCUT2D eigenvalue weighted by molar-refractivity contribution is 0.0932. The molecule has 1 N–H and O–H groups in total. The van der Waals surface area contributed by atoms with Gasteiger partial charge in [-0.1, -0.05) is 71.0 Å². The van der Waals surface area contributed by atoms with E-state index < -0.39 is 0 Å². The number of aromatic nitrogens is 1. The van der Waals surface area contributed by atoms with Crippen molar-refractivity contribution < 1.29 is 9.18 Å². The molecule has 2 aromatic carbocycles. The van der Waals surface area contributed by atoms with Gasteiger partial charge in [-0.05, 0) is 73.6 Å². The molecule has 0 aliphatic carbocycles. The van der Waals surface area contributed by atoms with Crippen molar-refractivity contribution in [1.82, 2.24) is 20.1 Å². The van der Waals surface area contributed by atoms with Crippen LogP contribution in [0.3, 0.4) is 0 Å². The Morgan fingerprint density at radius 1 is 0.949 bits per heavy atom. The number of thiazole rings is 1. The van der Waals surface area contributed by atoms with Gasteiger partial charge in [-0.25, -0.2) is 9.37 Å². The number of rotatable bonds is 14. The molecule has 0 bridgehead atoms. The van der Waals surface area contributed by atoms with E-state index in [9.17, 15) is 9.18 Å². The average molecular weight is 553 g/mol. The van der Waals surface area contributed by atoms with Crippen LogP contribution in [-0.4, -0.2) is 46.4 Å². The molecule has 0 spiro atoms. The van der Waals surface area contributed by atoms with Gasteiger partial charge < -0.3 is 10.2 Å². The molecule has 7 heteroatoms. The minimum atomic E-state index is -0.235. The van der Waals surface area contributed by atoms with Gasteiger partial charge in [0.15, 0.2) is 0 Å². The van der Waals surface area contributed by atoms with E-state index in [2.05, 4.69) is 85.9 Å². The van der Waals surface area contributed by atoms with Crippen LogP contribution >= 0.6 is 11.3 Å².